The number of carbonyl (C=O) groups is 1. The van der Waals surface area contributed by atoms with Gasteiger partial charge in [0.25, 0.3) is 0 Å². The van der Waals surface area contributed by atoms with Crippen molar-refractivity contribution in [2.24, 2.45) is 5.92 Å². The summed E-state index contributed by atoms with van der Waals surface area (Å²) in [5, 5.41) is 0.778. The molecule has 2 N–H and O–H groups in total. The molecule has 0 spiro atoms. The van der Waals surface area contributed by atoms with E-state index in [4.69, 9.17) is 16.3 Å². The zero-order valence-corrected chi connectivity index (χ0v) is 16.6. The number of hydrogen-bond donors (Lipinski definition) is 2. The highest BCUT2D eigenvalue weighted by molar-refractivity contribution is 6.30. The van der Waals surface area contributed by atoms with Gasteiger partial charge in [0.05, 0.1) is 12.6 Å². The average molecular weight is 393 g/mol. The number of nitrogens with zero attached hydrogens (tertiary/aromatic N) is 2. The first-order chi connectivity index (χ1) is 13.2. The summed E-state index contributed by atoms with van der Waals surface area (Å²) in [6.07, 6.45) is 3.05. The van der Waals surface area contributed by atoms with Gasteiger partial charge in [0, 0.05) is 42.7 Å². The number of ether oxygens (including phenoxy) is 1. The number of rotatable bonds is 3. The Balaban J connectivity index is 1.36. The molecule has 3 aliphatic rings. The molecule has 3 atom stereocenters. The molecule has 0 saturated carbocycles. The lowest BCUT2D eigenvalue weighted by molar-refractivity contribution is 0.0531. The summed E-state index contributed by atoms with van der Waals surface area (Å²) in [5.41, 5.74) is 8.30. The Morgan fingerprint density at radius 1 is 1.15 bits per heavy atom. The number of piperidine rings is 2. The molecule has 0 bridgehead atoms. The number of hydrazine groups is 1. The third kappa shape index (κ3) is 4.09. The minimum absolute atomic E-state index is 0.165. The summed E-state index contributed by atoms with van der Waals surface area (Å²) >= 11 is 6.05. The standard InChI is InChI=1S/C20H29ClN4O2/c1-2-27-20(26)24-10-7-16(8-11-24)25-12-9-18-17(13-25)19(23-22-18)14-3-5-15(21)6-4-14/h3-6,16-19,22-23H,2,7-13H2,1H3. The van der Waals surface area contributed by atoms with E-state index < -0.39 is 0 Å². The number of amides is 1. The van der Waals surface area contributed by atoms with Crippen LogP contribution in [0.15, 0.2) is 24.3 Å². The Bertz CT molecular complexity index is 648. The molecular weight excluding hydrogens is 364 g/mol. The van der Waals surface area contributed by atoms with E-state index in [0.717, 1.165) is 50.5 Å². The van der Waals surface area contributed by atoms with Crippen molar-refractivity contribution in [3.63, 3.8) is 0 Å². The van der Waals surface area contributed by atoms with E-state index in [9.17, 15) is 4.79 Å². The van der Waals surface area contributed by atoms with E-state index in [1.165, 1.54) is 5.56 Å². The number of nitrogens with one attached hydrogen (secondary N) is 2. The second-order valence-electron chi connectivity index (χ2n) is 7.79. The number of fused-ring (bicyclic) bond motifs is 1. The molecule has 1 aromatic rings. The van der Waals surface area contributed by atoms with E-state index in [-0.39, 0.29) is 6.09 Å². The molecule has 0 aromatic heterocycles. The number of benzene rings is 1. The number of halogens is 1. The van der Waals surface area contributed by atoms with Crippen LogP contribution in [0.2, 0.25) is 5.02 Å². The lowest BCUT2D eigenvalue weighted by atomic mass is 9.84. The fraction of sp³-hybridized carbons (Fsp3) is 0.650. The molecule has 3 heterocycles. The molecule has 27 heavy (non-hydrogen) atoms. The fourth-order valence-corrected chi connectivity index (χ4v) is 4.92. The summed E-state index contributed by atoms with van der Waals surface area (Å²) in [6, 6.07) is 9.58. The Labute approximate surface area is 166 Å². The highest BCUT2D eigenvalue weighted by Crippen LogP contribution is 2.35. The minimum Gasteiger partial charge on any atom is -0.450 e. The van der Waals surface area contributed by atoms with Gasteiger partial charge in [-0.1, -0.05) is 23.7 Å². The number of hydrogen-bond acceptors (Lipinski definition) is 5. The fourth-order valence-electron chi connectivity index (χ4n) is 4.79. The molecule has 3 fully saturated rings. The molecule has 3 unspecified atom stereocenters. The van der Waals surface area contributed by atoms with Crippen LogP contribution in [0.1, 0.15) is 37.8 Å². The summed E-state index contributed by atoms with van der Waals surface area (Å²) < 4.78 is 5.14. The van der Waals surface area contributed by atoms with Gasteiger partial charge >= 0.3 is 6.09 Å². The maximum atomic E-state index is 11.9. The van der Waals surface area contributed by atoms with E-state index in [1.807, 2.05) is 24.0 Å². The van der Waals surface area contributed by atoms with Crippen LogP contribution in [0.25, 0.3) is 0 Å². The second-order valence-corrected chi connectivity index (χ2v) is 8.23. The Kier molecular flexibility index (Phi) is 5.88. The lowest BCUT2D eigenvalue weighted by Crippen LogP contribution is -2.53. The minimum atomic E-state index is -0.165. The normalized spacial score (nSPS) is 29.6. The zero-order chi connectivity index (χ0) is 18.8. The smallest absolute Gasteiger partial charge is 0.409 e. The SMILES string of the molecule is CCOC(=O)N1CCC(N2CCC3NNC(c4ccc(Cl)cc4)C3C2)CC1. The molecule has 148 valence electrons. The predicted molar refractivity (Wildman–Crippen MR) is 106 cm³/mol. The van der Waals surface area contributed by atoms with E-state index >= 15 is 0 Å². The quantitative estimate of drug-likeness (QED) is 0.828. The maximum absolute atomic E-state index is 11.9. The average Bonchev–Trinajstić information content (AvgIpc) is 3.12. The van der Waals surface area contributed by atoms with Gasteiger partial charge in [-0.25, -0.2) is 10.2 Å². The van der Waals surface area contributed by atoms with E-state index in [1.54, 1.807) is 0 Å². The molecule has 7 heteroatoms. The second kappa shape index (κ2) is 8.35. The molecule has 4 rings (SSSR count). The van der Waals surface area contributed by atoms with Gasteiger partial charge in [0.1, 0.15) is 0 Å². The Morgan fingerprint density at radius 3 is 2.59 bits per heavy atom. The first-order valence-corrected chi connectivity index (χ1v) is 10.5. The van der Waals surface area contributed by atoms with Gasteiger partial charge in [0.15, 0.2) is 0 Å². The van der Waals surface area contributed by atoms with Gasteiger partial charge in [-0.15, -0.1) is 0 Å². The van der Waals surface area contributed by atoms with E-state index in [2.05, 4.69) is 27.9 Å². The van der Waals surface area contributed by atoms with Gasteiger partial charge in [-0.05, 0) is 50.4 Å². The third-order valence-electron chi connectivity index (χ3n) is 6.28. The van der Waals surface area contributed by atoms with Crippen molar-refractivity contribution in [3.8, 4) is 0 Å². The summed E-state index contributed by atoms with van der Waals surface area (Å²) in [7, 11) is 0. The van der Waals surface area contributed by atoms with Crippen molar-refractivity contribution in [1.29, 1.82) is 0 Å². The third-order valence-corrected chi connectivity index (χ3v) is 6.53. The zero-order valence-electron chi connectivity index (χ0n) is 15.9. The largest absolute Gasteiger partial charge is 0.450 e. The highest BCUT2D eigenvalue weighted by atomic mass is 35.5. The number of carbonyl (C=O) groups excluding carboxylic acids is 1. The van der Waals surface area contributed by atoms with Crippen LogP contribution in [0.4, 0.5) is 4.79 Å². The molecule has 1 aromatic carbocycles. The van der Waals surface area contributed by atoms with Crippen molar-refractivity contribution >= 4 is 17.7 Å². The van der Waals surface area contributed by atoms with Crippen LogP contribution >= 0.6 is 11.6 Å². The van der Waals surface area contributed by atoms with Crippen LogP contribution in [-0.4, -0.2) is 60.8 Å². The van der Waals surface area contributed by atoms with Gasteiger partial charge < -0.3 is 9.64 Å². The van der Waals surface area contributed by atoms with Crippen molar-refractivity contribution in [2.75, 3.05) is 32.8 Å². The van der Waals surface area contributed by atoms with Crippen molar-refractivity contribution < 1.29 is 9.53 Å². The lowest BCUT2D eigenvalue weighted by Gasteiger charge is -2.43. The highest BCUT2D eigenvalue weighted by Gasteiger charge is 2.42. The van der Waals surface area contributed by atoms with Crippen molar-refractivity contribution in [2.45, 2.75) is 44.3 Å². The summed E-state index contributed by atoms with van der Waals surface area (Å²) in [6.45, 7) is 6.10. The van der Waals surface area contributed by atoms with Gasteiger partial charge in [0.2, 0.25) is 0 Å². The van der Waals surface area contributed by atoms with Gasteiger partial charge in [-0.3, -0.25) is 10.3 Å². The summed E-state index contributed by atoms with van der Waals surface area (Å²) in [4.78, 5) is 16.4. The van der Waals surface area contributed by atoms with Crippen LogP contribution in [0, 0.1) is 5.92 Å². The first-order valence-electron chi connectivity index (χ1n) is 10.1. The Morgan fingerprint density at radius 2 is 1.89 bits per heavy atom. The molecule has 1 amide bonds. The summed E-state index contributed by atoms with van der Waals surface area (Å²) in [5.74, 6) is 0.544. The van der Waals surface area contributed by atoms with E-state index in [0.29, 0.717) is 30.7 Å². The molecule has 3 aliphatic heterocycles. The number of likely N-dealkylation sites (tertiary alicyclic amines) is 2. The van der Waals surface area contributed by atoms with Crippen molar-refractivity contribution in [1.82, 2.24) is 20.7 Å². The molecule has 6 nitrogen and oxygen atoms in total. The van der Waals surface area contributed by atoms with Crippen molar-refractivity contribution in [3.05, 3.63) is 34.9 Å². The molecule has 0 radical (unpaired) electrons. The molecule has 3 saturated heterocycles. The van der Waals surface area contributed by atoms with Crippen LogP contribution in [0.3, 0.4) is 0 Å². The maximum Gasteiger partial charge on any atom is 0.409 e. The van der Waals surface area contributed by atoms with Crippen LogP contribution in [0.5, 0.6) is 0 Å². The molecular formula is C20H29ClN4O2. The van der Waals surface area contributed by atoms with Crippen LogP contribution < -0.4 is 10.9 Å². The molecule has 0 aliphatic carbocycles. The first kappa shape index (κ1) is 19.0. The van der Waals surface area contributed by atoms with Gasteiger partial charge in [-0.2, -0.15) is 0 Å². The topological polar surface area (TPSA) is 56.8 Å². The van der Waals surface area contributed by atoms with Crippen LogP contribution in [-0.2, 0) is 4.74 Å². The Hall–Kier alpha value is -1.34. The monoisotopic (exact) mass is 392 g/mol. The predicted octanol–water partition coefficient (Wildman–Crippen LogP) is 2.80.